The van der Waals surface area contributed by atoms with E-state index in [0.29, 0.717) is 5.75 Å². The van der Waals surface area contributed by atoms with E-state index < -0.39 is 24.6 Å². The Morgan fingerprint density at radius 3 is 2.44 bits per heavy atom. The SMILES string of the molecule is O[C@@H]1[C@@H](O)[C@H](Oc2ccccc2)OC[C@@H]1O. The van der Waals surface area contributed by atoms with E-state index in [9.17, 15) is 15.3 Å². The van der Waals surface area contributed by atoms with E-state index in [-0.39, 0.29) is 6.61 Å². The summed E-state index contributed by atoms with van der Waals surface area (Å²) in [5.41, 5.74) is 0. The van der Waals surface area contributed by atoms with Gasteiger partial charge in [0.2, 0.25) is 6.29 Å². The van der Waals surface area contributed by atoms with Gasteiger partial charge in [-0.3, -0.25) is 0 Å². The third-order valence-corrected chi connectivity index (χ3v) is 2.45. The second-order valence-electron chi connectivity index (χ2n) is 3.68. The average molecular weight is 226 g/mol. The number of hydrogen-bond donors (Lipinski definition) is 3. The molecule has 88 valence electrons. The molecule has 2 rings (SSSR count). The lowest BCUT2D eigenvalue weighted by atomic mass is 10.1. The van der Waals surface area contributed by atoms with Gasteiger partial charge in [-0.25, -0.2) is 0 Å². The first-order valence-electron chi connectivity index (χ1n) is 5.06. The summed E-state index contributed by atoms with van der Waals surface area (Å²) in [7, 11) is 0. The molecule has 1 fully saturated rings. The van der Waals surface area contributed by atoms with Gasteiger partial charge in [-0.2, -0.15) is 0 Å². The Kier molecular flexibility index (Phi) is 3.40. The molecule has 1 aliphatic heterocycles. The van der Waals surface area contributed by atoms with Crippen LogP contribution in [0.25, 0.3) is 0 Å². The highest BCUT2D eigenvalue weighted by Crippen LogP contribution is 2.19. The standard InChI is InChI=1S/C11H14O5/c12-8-6-15-11(10(14)9(8)13)16-7-4-2-1-3-5-7/h1-5,8-14H,6H2/t8-,9-,10+,11-/m0/s1. The highest BCUT2D eigenvalue weighted by molar-refractivity contribution is 5.21. The van der Waals surface area contributed by atoms with Crippen LogP contribution in [0.2, 0.25) is 0 Å². The summed E-state index contributed by atoms with van der Waals surface area (Å²) in [5.74, 6) is 0.537. The molecule has 1 heterocycles. The van der Waals surface area contributed by atoms with Crippen LogP contribution in [0.4, 0.5) is 0 Å². The summed E-state index contributed by atoms with van der Waals surface area (Å²) in [4.78, 5) is 0. The molecule has 0 bridgehead atoms. The smallest absolute Gasteiger partial charge is 0.228 e. The van der Waals surface area contributed by atoms with Crippen molar-refractivity contribution in [2.24, 2.45) is 0 Å². The molecule has 0 saturated carbocycles. The van der Waals surface area contributed by atoms with Gasteiger partial charge in [-0.05, 0) is 12.1 Å². The Morgan fingerprint density at radius 2 is 1.75 bits per heavy atom. The minimum absolute atomic E-state index is 0.0598. The van der Waals surface area contributed by atoms with Crippen molar-refractivity contribution in [1.82, 2.24) is 0 Å². The first kappa shape index (κ1) is 11.3. The number of aliphatic hydroxyl groups excluding tert-OH is 3. The molecule has 0 unspecified atom stereocenters. The lowest BCUT2D eigenvalue weighted by Gasteiger charge is -2.34. The molecule has 4 atom stereocenters. The molecule has 0 aromatic heterocycles. The molecule has 0 amide bonds. The second kappa shape index (κ2) is 4.80. The van der Waals surface area contributed by atoms with Gasteiger partial charge in [0.05, 0.1) is 6.61 Å². The summed E-state index contributed by atoms with van der Waals surface area (Å²) in [6.07, 6.45) is -4.54. The number of ether oxygens (including phenoxy) is 2. The number of rotatable bonds is 2. The Morgan fingerprint density at radius 1 is 1.06 bits per heavy atom. The Labute approximate surface area is 92.9 Å². The van der Waals surface area contributed by atoms with Crippen LogP contribution < -0.4 is 4.74 Å². The molecule has 0 aliphatic carbocycles. The normalized spacial score (nSPS) is 34.7. The first-order valence-corrected chi connectivity index (χ1v) is 5.06. The van der Waals surface area contributed by atoms with Gasteiger partial charge in [0.1, 0.15) is 24.1 Å². The molecule has 1 aromatic rings. The molecule has 16 heavy (non-hydrogen) atoms. The summed E-state index contributed by atoms with van der Waals surface area (Å²) < 4.78 is 10.4. The topological polar surface area (TPSA) is 79.2 Å². The van der Waals surface area contributed by atoms with Crippen molar-refractivity contribution in [3.8, 4) is 5.75 Å². The molecule has 0 radical (unpaired) electrons. The second-order valence-corrected chi connectivity index (χ2v) is 3.68. The van der Waals surface area contributed by atoms with Crippen molar-refractivity contribution in [3.63, 3.8) is 0 Å². The van der Waals surface area contributed by atoms with E-state index in [1.807, 2.05) is 6.07 Å². The number of para-hydroxylation sites is 1. The summed E-state index contributed by atoms with van der Waals surface area (Å²) in [5, 5.41) is 28.3. The Balaban J connectivity index is 2.00. The highest BCUT2D eigenvalue weighted by Gasteiger charge is 2.38. The van der Waals surface area contributed by atoms with E-state index in [0.717, 1.165) is 0 Å². The summed E-state index contributed by atoms with van der Waals surface area (Å²) in [6, 6.07) is 8.84. The van der Waals surface area contributed by atoms with Crippen molar-refractivity contribution in [2.75, 3.05) is 6.61 Å². The largest absolute Gasteiger partial charge is 0.462 e. The van der Waals surface area contributed by atoms with Crippen molar-refractivity contribution in [2.45, 2.75) is 24.6 Å². The third kappa shape index (κ3) is 2.33. The van der Waals surface area contributed by atoms with Crippen molar-refractivity contribution in [1.29, 1.82) is 0 Å². The Bertz CT molecular complexity index is 328. The maximum absolute atomic E-state index is 9.61. The van der Waals surface area contributed by atoms with Crippen LogP contribution in [0.3, 0.4) is 0 Å². The molecule has 1 aromatic carbocycles. The minimum atomic E-state index is -1.26. The van der Waals surface area contributed by atoms with Gasteiger partial charge in [-0.15, -0.1) is 0 Å². The van der Waals surface area contributed by atoms with E-state index in [4.69, 9.17) is 9.47 Å². The van der Waals surface area contributed by atoms with E-state index in [1.165, 1.54) is 0 Å². The van der Waals surface area contributed by atoms with Crippen LogP contribution in [0.15, 0.2) is 30.3 Å². The summed E-state index contributed by atoms with van der Waals surface area (Å²) in [6.45, 7) is -0.0598. The third-order valence-electron chi connectivity index (χ3n) is 2.45. The van der Waals surface area contributed by atoms with Gasteiger partial charge in [0.15, 0.2) is 0 Å². The van der Waals surface area contributed by atoms with E-state index in [1.54, 1.807) is 24.3 Å². The van der Waals surface area contributed by atoms with Gasteiger partial charge in [0.25, 0.3) is 0 Å². The average Bonchev–Trinajstić information content (AvgIpc) is 2.31. The number of hydrogen-bond acceptors (Lipinski definition) is 5. The van der Waals surface area contributed by atoms with Gasteiger partial charge >= 0.3 is 0 Å². The van der Waals surface area contributed by atoms with Crippen LogP contribution in [0.5, 0.6) is 5.75 Å². The van der Waals surface area contributed by atoms with Crippen LogP contribution >= 0.6 is 0 Å². The minimum Gasteiger partial charge on any atom is -0.462 e. The number of benzene rings is 1. The highest BCUT2D eigenvalue weighted by atomic mass is 16.7. The lowest BCUT2D eigenvalue weighted by molar-refractivity contribution is -0.242. The maximum atomic E-state index is 9.61. The van der Waals surface area contributed by atoms with Crippen molar-refractivity contribution in [3.05, 3.63) is 30.3 Å². The predicted octanol–water partition coefficient (Wildman–Crippen LogP) is -0.496. The molecule has 1 saturated heterocycles. The van der Waals surface area contributed by atoms with Crippen LogP contribution in [-0.4, -0.2) is 46.5 Å². The first-order chi connectivity index (χ1) is 7.68. The van der Waals surface area contributed by atoms with E-state index >= 15 is 0 Å². The fraction of sp³-hybridized carbons (Fsp3) is 0.455. The molecule has 0 spiro atoms. The van der Waals surface area contributed by atoms with Gasteiger partial charge in [-0.1, -0.05) is 18.2 Å². The fourth-order valence-electron chi connectivity index (χ4n) is 1.52. The molecule has 1 aliphatic rings. The number of aliphatic hydroxyl groups is 3. The molecular formula is C11H14O5. The zero-order chi connectivity index (χ0) is 11.5. The Hall–Kier alpha value is -1.14. The molecule has 5 nitrogen and oxygen atoms in total. The van der Waals surface area contributed by atoms with Crippen LogP contribution in [0, 0.1) is 0 Å². The fourth-order valence-corrected chi connectivity index (χ4v) is 1.52. The lowest BCUT2D eigenvalue weighted by Crippen LogP contribution is -2.54. The van der Waals surface area contributed by atoms with Gasteiger partial charge < -0.3 is 24.8 Å². The quantitative estimate of drug-likeness (QED) is 0.634. The van der Waals surface area contributed by atoms with Crippen LogP contribution in [0.1, 0.15) is 0 Å². The van der Waals surface area contributed by atoms with Gasteiger partial charge in [0, 0.05) is 0 Å². The van der Waals surface area contributed by atoms with Crippen molar-refractivity contribution < 1.29 is 24.8 Å². The zero-order valence-corrected chi connectivity index (χ0v) is 8.56. The zero-order valence-electron chi connectivity index (χ0n) is 8.56. The monoisotopic (exact) mass is 226 g/mol. The van der Waals surface area contributed by atoms with E-state index in [2.05, 4.69) is 0 Å². The maximum Gasteiger partial charge on any atom is 0.228 e. The molecular weight excluding hydrogens is 212 g/mol. The van der Waals surface area contributed by atoms with Crippen LogP contribution in [-0.2, 0) is 4.74 Å². The molecule has 5 heteroatoms. The summed E-state index contributed by atoms with van der Waals surface area (Å²) >= 11 is 0. The predicted molar refractivity (Wildman–Crippen MR) is 54.8 cm³/mol. The molecule has 3 N–H and O–H groups in total. The van der Waals surface area contributed by atoms with Crippen molar-refractivity contribution >= 4 is 0 Å².